The Kier molecular flexibility index (Phi) is 2.52. The molecule has 2 saturated heterocycles. The first kappa shape index (κ1) is 13.6. The van der Waals surface area contributed by atoms with E-state index in [1.165, 1.54) is 12.1 Å². The van der Waals surface area contributed by atoms with Crippen molar-refractivity contribution in [1.82, 2.24) is 9.80 Å². The van der Waals surface area contributed by atoms with E-state index in [2.05, 4.69) is 0 Å². The Morgan fingerprint density at radius 1 is 1.04 bits per heavy atom. The zero-order valence-corrected chi connectivity index (χ0v) is 11.6. The van der Waals surface area contributed by atoms with Gasteiger partial charge in [-0.1, -0.05) is 12.1 Å². The second-order valence-electron chi connectivity index (χ2n) is 5.69. The van der Waals surface area contributed by atoms with Gasteiger partial charge in [0.1, 0.15) is 6.04 Å². The number of amides is 3. The molecule has 8 heteroatoms. The van der Waals surface area contributed by atoms with Crippen LogP contribution in [0.5, 0.6) is 0 Å². The predicted molar refractivity (Wildman–Crippen MR) is 72.4 cm³/mol. The number of imide groups is 1. The Balaban J connectivity index is 1.69. The third kappa shape index (κ3) is 1.52. The average molecular weight is 314 g/mol. The van der Waals surface area contributed by atoms with Crippen molar-refractivity contribution in [2.24, 2.45) is 0 Å². The Morgan fingerprint density at radius 2 is 1.61 bits per heavy atom. The van der Waals surface area contributed by atoms with Gasteiger partial charge >= 0.3 is 5.97 Å². The highest BCUT2D eigenvalue weighted by atomic mass is 16.4. The van der Waals surface area contributed by atoms with Gasteiger partial charge in [-0.3, -0.25) is 24.1 Å². The van der Waals surface area contributed by atoms with Gasteiger partial charge in [0.15, 0.2) is 11.8 Å². The van der Waals surface area contributed by atoms with Gasteiger partial charge in [-0.15, -0.1) is 0 Å². The first-order valence-corrected chi connectivity index (χ1v) is 6.98. The molecule has 3 aliphatic rings. The first-order chi connectivity index (χ1) is 10.9. The first-order valence-electron chi connectivity index (χ1n) is 6.98. The van der Waals surface area contributed by atoms with E-state index < -0.39 is 47.6 Å². The van der Waals surface area contributed by atoms with Crippen molar-refractivity contribution in [2.45, 2.75) is 24.5 Å². The number of benzene rings is 1. The van der Waals surface area contributed by atoms with E-state index >= 15 is 0 Å². The summed E-state index contributed by atoms with van der Waals surface area (Å²) in [6.45, 7) is 0. The van der Waals surface area contributed by atoms with Crippen LogP contribution in [-0.4, -0.2) is 62.5 Å². The van der Waals surface area contributed by atoms with Crippen molar-refractivity contribution >= 4 is 29.5 Å². The third-order valence-corrected chi connectivity index (χ3v) is 4.56. The predicted octanol–water partition coefficient (Wildman–Crippen LogP) is -0.712. The fourth-order valence-corrected chi connectivity index (χ4v) is 3.55. The number of carboxylic acids is 1. The topological polar surface area (TPSA) is 112 Å². The number of aliphatic carboxylic acids is 1. The summed E-state index contributed by atoms with van der Waals surface area (Å²) in [4.78, 5) is 61.8. The number of hydrogen-bond donors (Lipinski definition) is 1. The maximum absolute atomic E-state index is 12.4. The van der Waals surface area contributed by atoms with Gasteiger partial charge in [0.2, 0.25) is 5.91 Å². The van der Waals surface area contributed by atoms with Crippen LogP contribution in [0.25, 0.3) is 0 Å². The number of ketones is 1. The van der Waals surface area contributed by atoms with Gasteiger partial charge in [-0.25, -0.2) is 4.79 Å². The summed E-state index contributed by atoms with van der Waals surface area (Å²) in [5, 5.41) is 9.06. The lowest BCUT2D eigenvalue weighted by molar-refractivity contribution is -0.164. The zero-order valence-electron chi connectivity index (χ0n) is 11.6. The Hall–Kier alpha value is -3.03. The number of nitrogens with zero attached hydrogens (tertiary/aromatic N) is 2. The third-order valence-electron chi connectivity index (χ3n) is 4.56. The van der Waals surface area contributed by atoms with Crippen LogP contribution in [0.4, 0.5) is 0 Å². The van der Waals surface area contributed by atoms with Gasteiger partial charge in [0.05, 0.1) is 17.2 Å². The molecular formula is C15H10N2O6. The van der Waals surface area contributed by atoms with Crippen molar-refractivity contribution in [3.63, 3.8) is 0 Å². The minimum Gasteiger partial charge on any atom is -0.479 e. The van der Waals surface area contributed by atoms with Crippen LogP contribution >= 0.6 is 0 Å². The SMILES string of the molecule is O=C(O)C1C(=O)CC2C(N3C(=O)c4ccccc4C3=O)C(=O)N12. The van der Waals surface area contributed by atoms with Crippen LogP contribution in [-0.2, 0) is 14.4 Å². The average Bonchev–Trinajstić information content (AvgIpc) is 2.96. The van der Waals surface area contributed by atoms with Gasteiger partial charge in [-0.05, 0) is 12.1 Å². The molecule has 0 aliphatic carbocycles. The van der Waals surface area contributed by atoms with Crippen LogP contribution in [0.3, 0.4) is 0 Å². The smallest absolute Gasteiger partial charge is 0.334 e. The molecule has 2 fully saturated rings. The minimum atomic E-state index is -1.51. The lowest BCUT2D eigenvalue weighted by Gasteiger charge is -2.46. The molecule has 23 heavy (non-hydrogen) atoms. The summed E-state index contributed by atoms with van der Waals surface area (Å²) >= 11 is 0. The van der Waals surface area contributed by atoms with Crippen molar-refractivity contribution in [2.75, 3.05) is 0 Å². The molecule has 0 saturated carbocycles. The molecule has 3 atom stereocenters. The molecule has 0 aromatic heterocycles. The number of carbonyl (C=O) groups excluding carboxylic acids is 4. The largest absolute Gasteiger partial charge is 0.479 e. The summed E-state index contributed by atoms with van der Waals surface area (Å²) in [5.74, 6) is -3.84. The molecular weight excluding hydrogens is 304 g/mol. The van der Waals surface area contributed by atoms with Crippen molar-refractivity contribution in [3.05, 3.63) is 35.4 Å². The van der Waals surface area contributed by atoms with Crippen LogP contribution in [0.15, 0.2) is 24.3 Å². The van der Waals surface area contributed by atoms with Gasteiger partial charge in [0, 0.05) is 6.42 Å². The Bertz CT molecular complexity index is 781. The summed E-state index contributed by atoms with van der Waals surface area (Å²) in [5.41, 5.74) is 0.422. The quantitative estimate of drug-likeness (QED) is 0.438. The highest BCUT2D eigenvalue weighted by molar-refractivity contribution is 6.24. The lowest BCUT2D eigenvalue weighted by Crippen LogP contribution is -2.71. The van der Waals surface area contributed by atoms with Crippen LogP contribution < -0.4 is 0 Å². The van der Waals surface area contributed by atoms with Crippen LogP contribution in [0.1, 0.15) is 27.1 Å². The number of carboxylic acid groups (broad SMARTS) is 1. The van der Waals surface area contributed by atoms with E-state index in [9.17, 15) is 24.0 Å². The van der Waals surface area contributed by atoms with E-state index in [-0.39, 0.29) is 17.5 Å². The normalized spacial score (nSPS) is 28.8. The van der Waals surface area contributed by atoms with Gasteiger partial charge in [-0.2, -0.15) is 0 Å². The van der Waals surface area contributed by atoms with Crippen molar-refractivity contribution < 1.29 is 29.1 Å². The van der Waals surface area contributed by atoms with Gasteiger partial charge in [0.25, 0.3) is 11.8 Å². The number of hydrogen-bond acceptors (Lipinski definition) is 5. The molecule has 0 radical (unpaired) electrons. The molecule has 1 aromatic carbocycles. The Labute approximate surface area is 129 Å². The van der Waals surface area contributed by atoms with Gasteiger partial charge < -0.3 is 10.0 Å². The highest BCUT2D eigenvalue weighted by Gasteiger charge is 2.64. The number of β-lactam (4-membered cyclic amide) rings is 1. The van der Waals surface area contributed by atoms with E-state index in [0.29, 0.717) is 0 Å². The van der Waals surface area contributed by atoms with E-state index in [0.717, 1.165) is 9.80 Å². The zero-order chi connectivity index (χ0) is 16.5. The maximum Gasteiger partial charge on any atom is 0.334 e. The fraction of sp³-hybridized carbons (Fsp3) is 0.267. The lowest BCUT2D eigenvalue weighted by atomic mass is 9.94. The van der Waals surface area contributed by atoms with Crippen LogP contribution in [0.2, 0.25) is 0 Å². The molecule has 3 heterocycles. The Morgan fingerprint density at radius 3 is 2.13 bits per heavy atom. The molecule has 0 bridgehead atoms. The van der Waals surface area contributed by atoms with E-state index in [4.69, 9.17) is 5.11 Å². The summed E-state index contributed by atoms with van der Waals surface area (Å²) in [6, 6.07) is 2.85. The number of rotatable bonds is 2. The molecule has 116 valence electrons. The summed E-state index contributed by atoms with van der Waals surface area (Å²) < 4.78 is 0. The van der Waals surface area contributed by atoms with Crippen molar-refractivity contribution in [1.29, 1.82) is 0 Å². The molecule has 4 rings (SSSR count). The molecule has 8 nitrogen and oxygen atoms in total. The number of carbonyl (C=O) groups is 5. The summed E-state index contributed by atoms with van der Waals surface area (Å²) in [7, 11) is 0. The maximum atomic E-state index is 12.4. The minimum absolute atomic E-state index is 0.166. The standard InChI is InChI=1S/C15H10N2O6/c18-9-5-8-10(14(21)16(8)11(9)15(22)23)17-12(19)6-3-1-2-4-7(6)13(17)20/h1-4,8,10-11H,5H2,(H,22,23). The number of Topliss-reactive ketones (excluding diaryl/α,β-unsaturated/α-hetero) is 1. The second-order valence-corrected chi connectivity index (χ2v) is 5.69. The molecule has 0 spiro atoms. The number of fused-ring (bicyclic) bond motifs is 2. The molecule has 3 amide bonds. The van der Waals surface area contributed by atoms with E-state index in [1.807, 2.05) is 0 Å². The molecule has 1 aromatic rings. The monoisotopic (exact) mass is 314 g/mol. The molecule has 1 N–H and O–H groups in total. The molecule has 3 aliphatic heterocycles. The van der Waals surface area contributed by atoms with Crippen LogP contribution in [0, 0.1) is 0 Å². The fourth-order valence-electron chi connectivity index (χ4n) is 3.55. The van der Waals surface area contributed by atoms with Crippen molar-refractivity contribution in [3.8, 4) is 0 Å². The second kappa shape index (κ2) is 4.25. The van der Waals surface area contributed by atoms with E-state index in [1.54, 1.807) is 12.1 Å². The summed E-state index contributed by atoms with van der Waals surface area (Å²) in [6.07, 6.45) is -0.166. The highest BCUT2D eigenvalue weighted by Crippen LogP contribution is 2.39. The molecule has 3 unspecified atom stereocenters.